The van der Waals surface area contributed by atoms with Crippen LogP contribution in [-0.2, 0) is 38.2 Å². The molecule has 0 spiro atoms. The average molecular weight is 1570 g/mol. The molecule has 5 aliphatic rings. The molecule has 0 heterocycles. The second-order valence-corrected chi connectivity index (χ2v) is 39.9. The summed E-state index contributed by atoms with van der Waals surface area (Å²) >= 11 is 7.20. The highest BCUT2D eigenvalue weighted by Crippen LogP contribution is 2.43. The van der Waals surface area contributed by atoms with Crippen LogP contribution < -0.4 is 60.2 Å². The zero-order valence-corrected chi connectivity index (χ0v) is 69.7. The minimum atomic E-state index is -0.798. The number of amides is 7. The molecule has 0 aliphatic heterocycles. The minimum absolute atomic E-state index is 0.0379. The van der Waals surface area contributed by atoms with Crippen molar-refractivity contribution >= 4 is 117 Å². The van der Waals surface area contributed by atoms with Gasteiger partial charge in [-0.2, -0.15) is 0 Å². The van der Waals surface area contributed by atoms with Crippen LogP contribution in [0.15, 0.2) is 0 Å². The molecular weight excluding hydrogens is 1430 g/mol. The monoisotopic (exact) mass is 1570 g/mol. The molecule has 0 radical (unpaired) electrons. The van der Waals surface area contributed by atoms with Gasteiger partial charge in [-0.3, -0.25) is 24.0 Å². The van der Waals surface area contributed by atoms with E-state index in [-0.39, 0.29) is 57.1 Å². The van der Waals surface area contributed by atoms with E-state index in [2.05, 4.69) is 37.2 Å². The van der Waals surface area contributed by atoms with Gasteiger partial charge in [0.1, 0.15) is 16.8 Å². The normalized spacial score (nSPS) is 18.1. The molecule has 5 rings (SSSR count). The Morgan fingerprint density at radius 1 is 0.330 bits per heavy atom. The number of aliphatic carboxylic acids is 1. The average Bonchev–Trinajstić information content (AvgIpc) is 0.866. The number of nitrogens with two attached hydrogens (primary N) is 4. The zero-order chi connectivity index (χ0) is 76.6. The molecule has 16 N–H and O–H groups in total. The van der Waals surface area contributed by atoms with Gasteiger partial charge in [-0.1, -0.05) is 118 Å². The Morgan fingerprint density at radius 3 is 0.767 bits per heavy atom. The third kappa shape index (κ3) is 47.6. The van der Waals surface area contributed by atoms with Gasteiger partial charge in [-0.05, 0) is 167 Å². The van der Waals surface area contributed by atoms with Crippen LogP contribution in [0.2, 0.25) is 0 Å². The standard InChI is InChI=1S/C33H60N4O6S2.C23H44N4O2S2.C14H25NO4.C4H12N2S2/c1-30(2,3)42-28(40)36-23-32(13-9-7-10-14-32)21-26(38)34-17-19-44-25-45-20-18-35-27(39)22-33(15-11-8-12-16-33)24-37-29(41)43-31(4,5)6;24-17-22(7-3-1-4-8-22)15-20(28)26-11-13-30-19-31-14-12-27-21(29)16-23(18-25)9-5-2-6-10-23;1-13(2,3)19-12(18)15-10-14(9-11(16)17)7-5-4-6-8-14;5-1-3-7-8-4-2-6/h7-25H2,1-6H3,(H,34,38)(H,35,39)(H,36,40)(H,37,41);1-19,24-25H2,(H,26,28)(H,27,29);4-10H2,1-3H3,(H,15,18)(H,16,17);1-6H2. The van der Waals surface area contributed by atoms with Crippen LogP contribution in [0.1, 0.15) is 255 Å². The first-order valence-electron chi connectivity index (χ1n) is 38.3. The van der Waals surface area contributed by atoms with Crippen LogP contribution in [0.25, 0.3) is 0 Å². The predicted molar refractivity (Wildman–Crippen MR) is 434 cm³/mol. The van der Waals surface area contributed by atoms with Crippen LogP contribution in [0, 0.1) is 27.1 Å². The number of hydrogen-bond donors (Lipinski definition) is 12. The number of hydrogen-bond acceptors (Lipinski definition) is 21. The summed E-state index contributed by atoms with van der Waals surface area (Å²) in [5.41, 5.74) is 20.2. The molecule has 0 bridgehead atoms. The highest BCUT2D eigenvalue weighted by atomic mass is 33.1. The highest BCUT2D eigenvalue weighted by molar-refractivity contribution is 8.76. The van der Waals surface area contributed by atoms with Crippen LogP contribution >= 0.6 is 68.6 Å². The summed E-state index contributed by atoms with van der Waals surface area (Å²) in [6.45, 7) is 23.2. The van der Waals surface area contributed by atoms with Gasteiger partial charge in [0.2, 0.25) is 23.6 Å². The molecule has 0 aromatic heterocycles. The lowest BCUT2D eigenvalue weighted by molar-refractivity contribution is -0.140. The number of rotatable bonds is 39. The number of carbonyl (C=O) groups excluding carboxylic acids is 7. The fraction of sp³-hybridized carbons (Fsp3) is 0.892. The van der Waals surface area contributed by atoms with E-state index in [1.54, 1.807) is 65.9 Å². The van der Waals surface area contributed by atoms with E-state index in [0.29, 0.717) is 84.6 Å². The number of nitrogens with one attached hydrogen (secondary N) is 7. The van der Waals surface area contributed by atoms with Gasteiger partial charge in [0, 0.05) is 129 Å². The third-order valence-electron chi connectivity index (χ3n) is 19.2. The number of ether oxygens (including phenoxy) is 3. The van der Waals surface area contributed by atoms with Crippen molar-refractivity contribution in [3.05, 3.63) is 0 Å². The minimum Gasteiger partial charge on any atom is -0.481 e. The van der Waals surface area contributed by atoms with Gasteiger partial charge in [0.15, 0.2) is 0 Å². The first-order valence-corrected chi connectivity index (χ1v) is 45.4. The van der Waals surface area contributed by atoms with Crippen LogP contribution in [0.4, 0.5) is 14.4 Å². The molecule has 0 saturated heterocycles. The fourth-order valence-electron chi connectivity index (χ4n) is 13.9. The Morgan fingerprint density at radius 2 is 0.553 bits per heavy atom. The number of thioether (sulfide) groups is 4. The van der Waals surface area contributed by atoms with E-state index in [0.717, 1.165) is 167 Å². The van der Waals surface area contributed by atoms with E-state index in [1.165, 1.54) is 51.4 Å². The maximum Gasteiger partial charge on any atom is 0.407 e. The second-order valence-electron chi connectivity index (χ2n) is 32.0. The van der Waals surface area contributed by atoms with Crippen LogP contribution in [0.5, 0.6) is 0 Å². The molecule has 7 amide bonds. The fourth-order valence-corrected chi connectivity index (χ4v) is 19.5. The predicted octanol–water partition coefficient (Wildman–Crippen LogP) is 12.8. The summed E-state index contributed by atoms with van der Waals surface area (Å²) in [5, 5.41) is 31.7. The van der Waals surface area contributed by atoms with E-state index in [1.807, 2.05) is 65.1 Å². The number of alkyl carbamates (subject to hydrolysis) is 3. The van der Waals surface area contributed by atoms with Crippen molar-refractivity contribution in [1.82, 2.24) is 37.2 Å². The van der Waals surface area contributed by atoms with Crippen LogP contribution in [0.3, 0.4) is 0 Å². The molecule has 5 saturated carbocycles. The molecular formula is C74H141N11O12S6. The van der Waals surface area contributed by atoms with Crippen LogP contribution in [-0.4, -0.2) is 186 Å². The van der Waals surface area contributed by atoms with Crippen molar-refractivity contribution in [3.63, 3.8) is 0 Å². The maximum absolute atomic E-state index is 12.8. The van der Waals surface area contributed by atoms with E-state index >= 15 is 0 Å². The third-order valence-corrected chi connectivity index (χ3v) is 26.3. The summed E-state index contributed by atoms with van der Waals surface area (Å²) in [6, 6.07) is 0. The quantitative estimate of drug-likeness (QED) is 0.0118. The van der Waals surface area contributed by atoms with Gasteiger partial charge < -0.3 is 79.5 Å². The van der Waals surface area contributed by atoms with Crippen molar-refractivity contribution in [3.8, 4) is 0 Å². The summed E-state index contributed by atoms with van der Waals surface area (Å²) in [4.78, 5) is 97.2. The number of carboxylic acids is 1. The van der Waals surface area contributed by atoms with E-state index < -0.39 is 41.1 Å². The lowest BCUT2D eigenvalue weighted by atomic mass is 9.71. The summed E-state index contributed by atoms with van der Waals surface area (Å²) in [7, 11) is 3.58. The SMILES string of the molecule is CC(C)(C)OC(=O)NCC1(CC(=O)NCCSCSCCNC(=O)CC2(CNC(=O)OC(C)(C)C)CCCCC2)CCCCC1.CC(C)(C)OC(=O)NCC1(CC(=O)O)CCCCC1.NCC1(CC(=O)NCCSCSCCNC(=O)CC2(CN)CCCCC2)CCCCC1.NCCSSCCN. The van der Waals surface area contributed by atoms with Gasteiger partial charge in [0.25, 0.3) is 0 Å². The molecule has 23 nitrogen and oxygen atoms in total. The van der Waals surface area contributed by atoms with E-state index in [9.17, 15) is 38.4 Å². The number of carbonyl (C=O) groups is 8. The van der Waals surface area contributed by atoms with Gasteiger partial charge in [0.05, 0.1) is 6.42 Å². The van der Waals surface area contributed by atoms with Gasteiger partial charge in [-0.25, -0.2) is 14.4 Å². The molecule has 103 heavy (non-hydrogen) atoms. The first-order chi connectivity index (χ1) is 48.8. The molecule has 0 aromatic rings. The lowest BCUT2D eigenvalue weighted by Crippen LogP contribution is -2.44. The Labute approximate surface area is 645 Å². The Kier molecular flexibility index (Phi) is 49.5. The lowest BCUT2D eigenvalue weighted by Gasteiger charge is -2.37. The Bertz CT molecular complexity index is 2270. The first kappa shape index (κ1) is 96.2. The maximum atomic E-state index is 12.8. The largest absolute Gasteiger partial charge is 0.481 e. The molecule has 29 heteroatoms. The summed E-state index contributed by atoms with van der Waals surface area (Å²) in [5.74, 6) is 5.12. The Hall–Kier alpha value is -2.90. The molecule has 5 aliphatic carbocycles. The van der Waals surface area contributed by atoms with Gasteiger partial charge >= 0.3 is 24.2 Å². The van der Waals surface area contributed by atoms with Crippen molar-refractivity contribution in [2.75, 3.05) is 117 Å². The van der Waals surface area contributed by atoms with Crippen molar-refractivity contribution in [1.29, 1.82) is 0 Å². The van der Waals surface area contributed by atoms with E-state index in [4.69, 9.17) is 42.3 Å². The summed E-state index contributed by atoms with van der Waals surface area (Å²) in [6.07, 6.45) is 27.8. The molecule has 0 aromatic carbocycles. The molecule has 5 fully saturated rings. The van der Waals surface area contributed by atoms with Crippen molar-refractivity contribution < 1.29 is 57.7 Å². The highest BCUT2D eigenvalue weighted by Gasteiger charge is 2.39. The molecule has 0 atom stereocenters. The Balaban J connectivity index is 0.000000533. The van der Waals surface area contributed by atoms with Crippen molar-refractivity contribution in [2.24, 2.45) is 50.0 Å². The topological polar surface area (TPSA) is 373 Å². The summed E-state index contributed by atoms with van der Waals surface area (Å²) < 4.78 is 16.0. The van der Waals surface area contributed by atoms with Gasteiger partial charge in [-0.15, -0.1) is 47.0 Å². The number of carboxylic acid groups (broad SMARTS) is 1. The smallest absolute Gasteiger partial charge is 0.407 e. The second kappa shape index (κ2) is 53.0. The zero-order valence-electron chi connectivity index (χ0n) is 64.8. The van der Waals surface area contributed by atoms with Crippen molar-refractivity contribution in [2.45, 2.75) is 272 Å². The molecule has 0 unspecified atom stereocenters. The molecule has 600 valence electrons.